The number of unbranched alkanes of at least 4 members (excludes halogenated alkanes) is 4. The first kappa shape index (κ1) is 17.9. The number of rotatable bonds is 12. The Hall–Kier alpha value is -0.130. The molecule has 0 radical (unpaired) electrons. The second-order valence-corrected chi connectivity index (χ2v) is 6.87. The first-order valence-corrected chi connectivity index (χ1v) is 8.81. The van der Waals surface area contributed by atoms with Crippen LogP contribution in [0.15, 0.2) is 0 Å². The molecule has 0 rings (SSSR count). The highest BCUT2D eigenvalue weighted by Crippen LogP contribution is 2.06. The molecule has 5 heteroatoms. The fraction of sp³-hybridized carbons (Fsp3) is 1.00. The minimum Gasteiger partial charge on any atom is -0.320 e. The Labute approximate surface area is 113 Å². The Morgan fingerprint density at radius 3 is 2.39 bits per heavy atom. The van der Waals surface area contributed by atoms with Crippen LogP contribution in [0.3, 0.4) is 0 Å². The van der Waals surface area contributed by atoms with Crippen molar-refractivity contribution in [2.24, 2.45) is 0 Å². The first-order valence-electron chi connectivity index (χ1n) is 7.16. The van der Waals surface area contributed by atoms with Gasteiger partial charge in [-0.25, -0.2) is 13.1 Å². The summed E-state index contributed by atoms with van der Waals surface area (Å²) in [5.74, 6) is 0.244. The fourth-order valence-corrected chi connectivity index (χ4v) is 3.33. The normalized spacial score (nSPS) is 13.7. The molecule has 0 fully saturated rings. The van der Waals surface area contributed by atoms with Gasteiger partial charge in [-0.05, 0) is 39.8 Å². The monoisotopic (exact) mass is 278 g/mol. The molecule has 0 amide bonds. The predicted molar refractivity (Wildman–Crippen MR) is 78.3 cm³/mol. The third-order valence-electron chi connectivity index (χ3n) is 2.96. The molecule has 1 unspecified atom stereocenters. The van der Waals surface area contributed by atoms with E-state index in [1.54, 1.807) is 0 Å². The summed E-state index contributed by atoms with van der Waals surface area (Å²) in [6, 6.07) is 0.0659. The molecule has 1 atom stereocenters. The van der Waals surface area contributed by atoms with Crippen LogP contribution >= 0.6 is 0 Å². The lowest BCUT2D eigenvalue weighted by molar-refractivity contribution is 0.520. The SMILES string of the molecule is CCCCCCC(C)NS(=O)(=O)CCCCNC. The van der Waals surface area contributed by atoms with E-state index in [0.717, 1.165) is 32.2 Å². The summed E-state index contributed by atoms with van der Waals surface area (Å²) < 4.78 is 26.3. The molecular formula is C13H30N2O2S. The van der Waals surface area contributed by atoms with Crippen LogP contribution in [-0.4, -0.2) is 33.8 Å². The van der Waals surface area contributed by atoms with Crippen molar-refractivity contribution in [3.8, 4) is 0 Å². The summed E-state index contributed by atoms with van der Waals surface area (Å²) in [6.07, 6.45) is 7.33. The summed E-state index contributed by atoms with van der Waals surface area (Å²) in [5.41, 5.74) is 0. The van der Waals surface area contributed by atoms with Crippen LogP contribution in [0.4, 0.5) is 0 Å². The van der Waals surface area contributed by atoms with Crippen LogP contribution in [0.1, 0.15) is 58.8 Å². The lowest BCUT2D eigenvalue weighted by atomic mass is 10.1. The maximum Gasteiger partial charge on any atom is 0.211 e. The van der Waals surface area contributed by atoms with Crippen molar-refractivity contribution in [1.29, 1.82) is 0 Å². The number of hydrogen-bond donors (Lipinski definition) is 2. The van der Waals surface area contributed by atoms with E-state index in [0.29, 0.717) is 0 Å². The molecule has 0 saturated heterocycles. The third-order valence-corrected chi connectivity index (χ3v) is 4.55. The van der Waals surface area contributed by atoms with Gasteiger partial charge in [-0.3, -0.25) is 0 Å². The van der Waals surface area contributed by atoms with E-state index in [9.17, 15) is 8.42 Å². The highest BCUT2D eigenvalue weighted by atomic mass is 32.2. The topological polar surface area (TPSA) is 58.2 Å². The zero-order chi connectivity index (χ0) is 13.9. The quantitative estimate of drug-likeness (QED) is 0.538. The highest BCUT2D eigenvalue weighted by molar-refractivity contribution is 7.89. The van der Waals surface area contributed by atoms with E-state index in [1.807, 2.05) is 14.0 Å². The summed E-state index contributed by atoms with van der Waals surface area (Å²) in [7, 11) is -1.20. The van der Waals surface area contributed by atoms with Gasteiger partial charge in [0.25, 0.3) is 0 Å². The molecule has 0 aromatic heterocycles. The summed E-state index contributed by atoms with van der Waals surface area (Å²) in [6.45, 7) is 5.01. The first-order chi connectivity index (χ1) is 8.52. The Balaban J connectivity index is 3.71. The zero-order valence-electron chi connectivity index (χ0n) is 12.2. The summed E-state index contributed by atoms with van der Waals surface area (Å²) in [5, 5.41) is 3.02. The molecule has 4 nitrogen and oxygen atoms in total. The molecule has 2 N–H and O–H groups in total. The molecule has 0 aromatic rings. The maximum atomic E-state index is 11.8. The lowest BCUT2D eigenvalue weighted by Gasteiger charge is -2.14. The van der Waals surface area contributed by atoms with E-state index in [1.165, 1.54) is 19.3 Å². The molecule has 0 heterocycles. The van der Waals surface area contributed by atoms with Crippen LogP contribution in [0.25, 0.3) is 0 Å². The Kier molecular flexibility index (Phi) is 10.7. The third kappa shape index (κ3) is 11.0. The Morgan fingerprint density at radius 2 is 1.78 bits per heavy atom. The average molecular weight is 278 g/mol. The predicted octanol–water partition coefficient (Wildman–Crippen LogP) is 2.26. The number of sulfonamides is 1. The van der Waals surface area contributed by atoms with E-state index in [4.69, 9.17) is 0 Å². The maximum absolute atomic E-state index is 11.8. The van der Waals surface area contributed by atoms with Gasteiger partial charge in [-0.15, -0.1) is 0 Å². The molecule has 18 heavy (non-hydrogen) atoms. The molecule has 0 bridgehead atoms. The van der Waals surface area contributed by atoms with Crippen LogP contribution in [0.5, 0.6) is 0 Å². The van der Waals surface area contributed by atoms with Gasteiger partial charge < -0.3 is 5.32 Å². The zero-order valence-corrected chi connectivity index (χ0v) is 13.0. The van der Waals surface area contributed by atoms with Crippen molar-refractivity contribution < 1.29 is 8.42 Å². The van der Waals surface area contributed by atoms with Gasteiger partial charge in [0.1, 0.15) is 0 Å². The summed E-state index contributed by atoms with van der Waals surface area (Å²) >= 11 is 0. The number of nitrogens with one attached hydrogen (secondary N) is 2. The van der Waals surface area contributed by atoms with Crippen LogP contribution in [0, 0.1) is 0 Å². The molecule has 0 saturated carbocycles. The van der Waals surface area contributed by atoms with Gasteiger partial charge in [0.2, 0.25) is 10.0 Å². The van der Waals surface area contributed by atoms with Gasteiger partial charge in [0.05, 0.1) is 5.75 Å². The van der Waals surface area contributed by atoms with Crippen molar-refractivity contribution >= 4 is 10.0 Å². The van der Waals surface area contributed by atoms with Gasteiger partial charge in [-0.1, -0.05) is 32.6 Å². The molecule has 0 aliphatic rings. The van der Waals surface area contributed by atoms with Gasteiger partial charge in [0.15, 0.2) is 0 Å². The van der Waals surface area contributed by atoms with E-state index >= 15 is 0 Å². The Morgan fingerprint density at radius 1 is 1.06 bits per heavy atom. The van der Waals surface area contributed by atoms with Gasteiger partial charge >= 0.3 is 0 Å². The smallest absolute Gasteiger partial charge is 0.211 e. The van der Waals surface area contributed by atoms with Crippen LogP contribution in [-0.2, 0) is 10.0 Å². The molecule has 0 spiro atoms. The van der Waals surface area contributed by atoms with E-state index in [2.05, 4.69) is 17.0 Å². The molecule has 110 valence electrons. The minimum atomic E-state index is -3.08. The second kappa shape index (κ2) is 10.8. The Bertz CT molecular complexity index is 279. The van der Waals surface area contributed by atoms with Gasteiger partial charge in [-0.2, -0.15) is 0 Å². The highest BCUT2D eigenvalue weighted by Gasteiger charge is 2.13. The average Bonchev–Trinajstić information content (AvgIpc) is 2.30. The van der Waals surface area contributed by atoms with E-state index in [-0.39, 0.29) is 11.8 Å². The van der Waals surface area contributed by atoms with Crippen LogP contribution < -0.4 is 10.0 Å². The molecule has 0 aliphatic carbocycles. The number of hydrogen-bond acceptors (Lipinski definition) is 3. The van der Waals surface area contributed by atoms with Crippen molar-refractivity contribution in [2.75, 3.05) is 19.3 Å². The lowest BCUT2D eigenvalue weighted by Crippen LogP contribution is -2.34. The fourth-order valence-electron chi connectivity index (χ4n) is 1.90. The second-order valence-electron chi connectivity index (χ2n) is 5.00. The minimum absolute atomic E-state index is 0.0659. The molecular weight excluding hydrogens is 248 g/mol. The van der Waals surface area contributed by atoms with Crippen LogP contribution in [0.2, 0.25) is 0 Å². The molecule has 0 aromatic carbocycles. The van der Waals surface area contributed by atoms with Gasteiger partial charge in [0, 0.05) is 6.04 Å². The standard InChI is InChI=1S/C13H30N2O2S/c1-4-5-6-7-10-13(2)15-18(16,17)12-9-8-11-14-3/h13-15H,4-12H2,1-3H3. The van der Waals surface area contributed by atoms with Crippen molar-refractivity contribution in [3.05, 3.63) is 0 Å². The van der Waals surface area contributed by atoms with Crippen molar-refractivity contribution in [1.82, 2.24) is 10.0 Å². The van der Waals surface area contributed by atoms with Crippen molar-refractivity contribution in [2.45, 2.75) is 64.8 Å². The largest absolute Gasteiger partial charge is 0.320 e. The van der Waals surface area contributed by atoms with Crippen molar-refractivity contribution in [3.63, 3.8) is 0 Å². The molecule has 0 aliphatic heterocycles. The van der Waals surface area contributed by atoms with E-state index < -0.39 is 10.0 Å². The summed E-state index contributed by atoms with van der Waals surface area (Å²) in [4.78, 5) is 0.